The number of carbonyl (C=O) groups excluding carboxylic acids is 1. The van der Waals surface area contributed by atoms with Crippen LogP contribution < -0.4 is 0 Å². The Kier molecular flexibility index (Phi) is 3.35. The van der Waals surface area contributed by atoms with Gasteiger partial charge in [0.1, 0.15) is 0 Å². The molecule has 0 saturated heterocycles. The van der Waals surface area contributed by atoms with E-state index >= 15 is 0 Å². The molecule has 0 radical (unpaired) electrons. The molecule has 1 aromatic rings. The van der Waals surface area contributed by atoms with Gasteiger partial charge in [0, 0.05) is 14.1 Å². The van der Waals surface area contributed by atoms with Gasteiger partial charge in [0.2, 0.25) is 5.78 Å². The molecule has 0 fully saturated rings. The van der Waals surface area contributed by atoms with E-state index in [1.807, 2.05) is 22.6 Å². The van der Waals surface area contributed by atoms with Gasteiger partial charge in [-0.1, -0.05) is 18.2 Å². The number of hydrogen-bond donors (Lipinski definition) is 0. The van der Waals surface area contributed by atoms with Crippen LogP contribution >= 0.6 is 22.6 Å². The molecule has 1 rings (SSSR count). The van der Waals surface area contributed by atoms with E-state index in [1.54, 1.807) is 24.3 Å². The number of rotatable bonds is 3. The molecule has 1 aromatic carbocycles. The van der Waals surface area contributed by atoms with Gasteiger partial charge in [-0.25, -0.2) is 0 Å². The third-order valence-corrected chi connectivity index (χ3v) is 2.39. The molecule has 0 aliphatic carbocycles. The Bertz CT molecular complexity index is 351. The summed E-state index contributed by atoms with van der Waals surface area (Å²) >= 11 is 1.98. The van der Waals surface area contributed by atoms with Gasteiger partial charge in [-0.2, -0.15) is 0 Å². The molecule has 0 N–H and O–H groups in total. The number of nitrogens with zero attached hydrogens (tertiary/aromatic N) is 1. The zero-order valence-corrected chi connectivity index (χ0v) is 8.72. The van der Waals surface area contributed by atoms with Crippen LogP contribution in [0.1, 0.15) is 10.4 Å². The Hall–Kier alpha value is -0.980. The Morgan fingerprint density at radius 2 is 2.08 bits per heavy atom. The fourth-order valence-corrected chi connectivity index (χ4v) is 1.58. The van der Waals surface area contributed by atoms with E-state index < -0.39 is 17.3 Å². The average molecular weight is 291 g/mol. The second kappa shape index (κ2) is 4.31. The number of halogens is 1. The number of hydrogen-bond acceptors (Lipinski definition) is 3. The summed E-state index contributed by atoms with van der Waals surface area (Å²) < 4.78 is 0.743. The van der Waals surface area contributed by atoms with Crippen LogP contribution in [0.5, 0.6) is 0 Å². The molecule has 0 aromatic heterocycles. The van der Waals surface area contributed by atoms with Gasteiger partial charge in [0.25, 0.3) is 6.54 Å². The van der Waals surface area contributed by atoms with Gasteiger partial charge in [-0.15, -0.1) is 0 Å². The molecular formula is C8H6INO3. The minimum absolute atomic E-state index is 0.416. The number of benzene rings is 1. The first kappa shape index (κ1) is 10.1. The highest BCUT2D eigenvalue weighted by atomic mass is 127. The van der Waals surface area contributed by atoms with Crippen LogP contribution in [-0.2, 0) is 0 Å². The second-order valence-corrected chi connectivity index (χ2v) is 3.56. The van der Waals surface area contributed by atoms with E-state index in [1.165, 1.54) is 0 Å². The molecule has 5 heteroatoms. The molecule has 0 aliphatic heterocycles. The summed E-state index contributed by atoms with van der Waals surface area (Å²) in [6.07, 6.45) is 0. The number of carbonyl (C=O) groups is 1. The van der Waals surface area contributed by atoms with E-state index in [9.17, 15) is 14.9 Å². The van der Waals surface area contributed by atoms with Crippen molar-refractivity contribution in [1.82, 2.24) is 0 Å². The minimum Gasteiger partial charge on any atom is -0.287 e. The highest BCUT2D eigenvalue weighted by Crippen LogP contribution is 2.11. The number of ketones is 1. The fraction of sp³-hybridized carbons (Fsp3) is 0.125. The van der Waals surface area contributed by atoms with Crippen molar-refractivity contribution in [3.05, 3.63) is 43.5 Å². The molecule has 0 saturated carbocycles. The summed E-state index contributed by atoms with van der Waals surface area (Å²) in [5, 5.41) is 10.1. The molecular weight excluding hydrogens is 285 g/mol. The van der Waals surface area contributed by atoms with Gasteiger partial charge in [-0.05, 0) is 28.7 Å². The molecule has 13 heavy (non-hydrogen) atoms. The van der Waals surface area contributed by atoms with Gasteiger partial charge >= 0.3 is 0 Å². The van der Waals surface area contributed by atoms with E-state index in [2.05, 4.69) is 0 Å². The first-order valence-electron chi connectivity index (χ1n) is 3.51. The first-order chi connectivity index (χ1) is 6.11. The molecule has 0 spiro atoms. The quantitative estimate of drug-likeness (QED) is 0.369. The normalized spacial score (nSPS) is 9.62. The lowest BCUT2D eigenvalue weighted by molar-refractivity contribution is -0.465. The monoisotopic (exact) mass is 291 g/mol. The Balaban J connectivity index is 2.89. The van der Waals surface area contributed by atoms with Crippen molar-refractivity contribution in [2.24, 2.45) is 0 Å². The van der Waals surface area contributed by atoms with E-state index in [0.717, 1.165) is 3.57 Å². The van der Waals surface area contributed by atoms with Crippen LogP contribution in [0, 0.1) is 13.7 Å². The van der Waals surface area contributed by atoms with Crippen molar-refractivity contribution in [2.75, 3.05) is 6.54 Å². The zero-order chi connectivity index (χ0) is 9.84. The molecule has 0 heterocycles. The van der Waals surface area contributed by atoms with Crippen LogP contribution in [0.25, 0.3) is 0 Å². The molecule has 0 atom stereocenters. The van der Waals surface area contributed by atoms with Crippen LogP contribution in [0.15, 0.2) is 24.3 Å². The Morgan fingerprint density at radius 1 is 1.46 bits per heavy atom. The SMILES string of the molecule is O=C(C[N+](=O)[O-])c1ccccc1I. The summed E-state index contributed by atoms with van der Waals surface area (Å²) in [6.45, 7) is -0.639. The van der Waals surface area contributed by atoms with E-state index in [4.69, 9.17) is 0 Å². The topological polar surface area (TPSA) is 60.2 Å². The number of nitro groups is 1. The smallest absolute Gasteiger partial charge is 0.265 e. The maximum absolute atomic E-state index is 11.2. The second-order valence-electron chi connectivity index (χ2n) is 2.39. The highest BCUT2D eigenvalue weighted by Gasteiger charge is 2.14. The summed E-state index contributed by atoms with van der Waals surface area (Å²) in [6, 6.07) is 6.81. The van der Waals surface area contributed by atoms with Crippen LogP contribution in [0.3, 0.4) is 0 Å². The lowest BCUT2D eigenvalue weighted by Crippen LogP contribution is -2.14. The first-order valence-corrected chi connectivity index (χ1v) is 4.58. The van der Waals surface area contributed by atoms with Crippen molar-refractivity contribution in [3.8, 4) is 0 Å². The fourth-order valence-electron chi connectivity index (χ4n) is 0.890. The molecule has 0 bridgehead atoms. The standard InChI is InChI=1S/C8H6INO3/c9-7-4-2-1-3-6(7)8(11)5-10(12)13/h1-4H,5H2. The molecule has 0 aliphatic rings. The average Bonchev–Trinajstić information content (AvgIpc) is 2.03. The molecule has 4 nitrogen and oxygen atoms in total. The van der Waals surface area contributed by atoms with Gasteiger partial charge in [0.05, 0.1) is 0 Å². The Morgan fingerprint density at radius 3 is 2.62 bits per heavy atom. The van der Waals surface area contributed by atoms with Crippen molar-refractivity contribution < 1.29 is 9.72 Å². The maximum atomic E-state index is 11.2. The zero-order valence-electron chi connectivity index (χ0n) is 6.57. The van der Waals surface area contributed by atoms with Gasteiger partial charge in [0.15, 0.2) is 0 Å². The summed E-state index contributed by atoms with van der Waals surface area (Å²) in [7, 11) is 0. The van der Waals surface area contributed by atoms with Gasteiger partial charge < -0.3 is 0 Å². The molecule has 0 amide bonds. The van der Waals surface area contributed by atoms with E-state index in [0.29, 0.717) is 5.56 Å². The molecule has 0 unspecified atom stereocenters. The lowest BCUT2D eigenvalue weighted by Gasteiger charge is -1.98. The van der Waals surface area contributed by atoms with Crippen molar-refractivity contribution in [2.45, 2.75) is 0 Å². The summed E-state index contributed by atoms with van der Waals surface area (Å²) in [5.41, 5.74) is 0.416. The number of Topliss-reactive ketones (excluding diaryl/α,β-unsaturated/α-hetero) is 1. The maximum Gasteiger partial charge on any atom is 0.265 e. The van der Waals surface area contributed by atoms with Crippen LogP contribution in [0.4, 0.5) is 0 Å². The predicted octanol–water partition coefficient (Wildman–Crippen LogP) is 1.75. The third kappa shape index (κ3) is 2.76. The Labute approximate surface area is 88.2 Å². The minimum atomic E-state index is -0.639. The van der Waals surface area contributed by atoms with Crippen molar-refractivity contribution in [3.63, 3.8) is 0 Å². The highest BCUT2D eigenvalue weighted by molar-refractivity contribution is 14.1. The summed E-state index contributed by atoms with van der Waals surface area (Å²) in [4.78, 5) is 20.7. The van der Waals surface area contributed by atoms with Crippen LogP contribution in [-0.4, -0.2) is 17.3 Å². The molecule has 68 valence electrons. The third-order valence-electron chi connectivity index (χ3n) is 1.45. The summed E-state index contributed by atoms with van der Waals surface area (Å²) in [5.74, 6) is -0.449. The predicted molar refractivity (Wildman–Crippen MR) is 55.4 cm³/mol. The van der Waals surface area contributed by atoms with E-state index in [-0.39, 0.29) is 0 Å². The largest absolute Gasteiger partial charge is 0.287 e. The van der Waals surface area contributed by atoms with Crippen molar-refractivity contribution in [1.29, 1.82) is 0 Å². The van der Waals surface area contributed by atoms with Crippen LogP contribution in [0.2, 0.25) is 0 Å². The van der Waals surface area contributed by atoms with Gasteiger partial charge in [-0.3, -0.25) is 14.9 Å². The lowest BCUT2D eigenvalue weighted by atomic mass is 10.1. The van der Waals surface area contributed by atoms with Crippen molar-refractivity contribution >= 4 is 28.4 Å².